The summed E-state index contributed by atoms with van der Waals surface area (Å²) >= 11 is 3.54. The molecule has 0 fully saturated rings. The average molecular weight is 321 g/mol. The number of nitrogens with zero attached hydrogens (tertiary/aromatic N) is 2. The molecule has 0 N–H and O–H groups in total. The molecular formula is C15H17BrN2O. The Labute approximate surface area is 120 Å². The highest BCUT2D eigenvalue weighted by atomic mass is 79.9. The number of benzene rings is 1. The van der Waals surface area contributed by atoms with Gasteiger partial charge in [0.1, 0.15) is 5.82 Å². The minimum absolute atomic E-state index is 0.0318. The highest BCUT2D eigenvalue weighted by Gasteiger charge is 2.30. The lowest BCUT2D eigenvalue weighted by atomic mass is 9.84. The van der Waals surface area contributed by atoms with E-state index in [2.05, 4.69) is 29.8 Å². The summed E-state index contributed by atoms with van der Waals surface area (Å²) in [6.45, 7) is 7.11. The summed E-state index contributed by atoms with van der Waals surface area (Å²) in [4.78, 5) is 17.5. The molecule has 0 spiro atoms. The normalized spacial score (nSPS) is 17.5. The van der Waals surface area contributed by atoms with Gasteiger partial charge in [0.05, 0.1) is 10.9 Å². The van der Waals surface area contributed by atoms with Crippen LogP contribution in [-0.2, 0) is 12.0 Å². The fourth-order valence-corrected chi connectivity index (χ4v) is 3.60. The van der Waals surface area contributed by atoms with Crippen LogP contribution in [-0.4, -0.2) is 9.55 Å². The highest BCUT2D eigenvalue weighted by molar-refractivity contribution is 9.10. The van der Waals surface area contributed by atoms with Gasteiger partial charge in [0.2, 0.25) is 0 Å². The first kappa shape index (κ1) is 12.9. The zero-order valence-electron chi connectivity index (χ0n) is 11.5. The van der Waals surface area contributed by atoms with Crippen LogP contribution >= 0.6 is 15.9 Å². The first-order chi connectivity index (χ1) is 8.90. The number of aryl methyl sites for hydroxylation is 1. The predicted octanol–water partition coefficient (Wildman–Crippen LogP) is 3.54. The maximum Gasteiger partial charge on any atom is 0.261 e. The van der Waals surface area contributed by atoms with E-state index in [0.717, 1.165) is 40.8 Å². The van der Waals surface area contributed by atoms with E-state index in [1.54, 1.807) is 0 Å². The number of rotatable bonds is 0. The van der Waals surface area contributed by atoms with E-state index in [4.69, 9.17) is 4.98 Å². The van der Waals surface area contributed by atoms with Crippen LogP contribution in [0, 0.1) is 6.92 Å². The molecule has 1 aliphatic rings. The lowest BCUT2D eigenvalue weighted by Gasteiger charge is -2.32. The minimum Gasteiger partial charge on any atom is -0.296 e. The van der Waals surface area contributed by atoms with Crippen molar-refractivity contribution in [1.29, 1.82) is 0 Å². The topological polar surface area (TPSA) is 34.9 Å². The molecule has 2 heterocycles. The fraction of sp³-hybridized carbons (Fsp3) is 0.467. The molecule has 0 unspecified atom stereocenters. The fourth-order valence-electron chi connectivity index (χ4n) is 2.93. The number of hydrogen-bond acceptors (Lipinski definition) is 2. The molecule has 3 rings (SSSR count). The number of halogens is 1. The molecule has 0 amide bonds. The van der Waals surface area contributed by atoms with Gasteiger partial charge in [0.25, 0.3) is 5.56 Å². The molecule has 1 aliphatic heterocycles. The van der Waals surface area contributed by atoms with Gasteiger partial charge in [0, 0.05) is 16.4 Å². The van der Waals surface area contributed by atoms with Crippen molar-refractivity contribution < 1.29 is 0 Å². The van der Waals surface area contributed by atoms with Gasteiger partial charge < -0.3 is 0 Å². The summed E-state index contributed by atoms with van der Waals surface area (Å²) in [6.07, 6.45) is 2.12. The summed E-state index contributed by atoms with van der Waals surface area (Å²) in [6, 6.07) is 3.95. The Hall–Kier alpha value is -1.16. The van der Waals surface area contributed by atoms with Gasteiger partial charge in [-0.15, -0.1) is 0 Å². The molecule has 100 valence electrons. The summed E-state index contributed by atoms with van der Waals surface area (Å²) in [5.74, 6) is 0.917. The molecule has 0 aliphatic carbocycles. The number of aromatic nitrogens is 2. The first-order valence-corrected chi connectivity index (χ1v) is 7.41. The van der Waals surface area contributed by atoms with Gasteiger partial charge in [-0.1, -0.05) is 13.8 Å². The SMILES string of the molecule is Cc1cc(Br)c2nc3n(c(=O)c2c1)CCCC3(C)C. The van der Waals surface area contributed by atoms with Crippen LogP contribution in [0.2, 0.25) is 0 Å². The van der Waals surface area contributed by atoms with Gasteiger partial charge in [-0.05, 0) is 53.4 Å². The molecule has 0 bridgehead atoms. The van der Waals surface area contributed by atoms with E-state index in [1.807, 2.05) is 23.6 Å². The smallest absolute Gasteiger partial charge is 0.261 e. The molecular weight excluding hydrogens is 304 g/mol. The quantitative estimate of drug-likeness (QED) is 0.744. The molecule has 1 aromatic heterocycles. The van der Waals surface area contributed by atoms with E-state index >= 15 is 0 Å². The molecule has 0 atom stereocenters. The van der Waals surface area contributed by atoms with Crippen molar-refractivity contribution in [2.45, 2.75) is 45.6 Å². The molecule has 2 aromatic rings. The maximum atomic E-state index is 12.7. The van der Waals surface area contributed by atoms with Crippen LogP contribution in [0.4, 0.5) is 0 Å². The van der Waals surface area contributed by atoms with Crippen LogP contribution in [0.25, 0.3) is 10.9 Å². The second kappa shape index (κ2) is 4.17. The van der Waals surface area contributed by atoms with Crippen LogP contribution < -0.4 is 5.56 Å². The van der Waals surface area contributed by atoms with Gasteiger partial charge in [-0.3, -0.25) is 9.36 Å². The average Bonchev–Trinajstić information content (AvgIpc) is 2.31. The molecule has 0 radical (unpaired) electrons. The lowest BCUT2D eigenvalue weighted by molar-refractivity contribution is 0.341. The predicted molar refractivity (Wildman–Crippen MR) is 80.7 cm³/mol. The van der Waals surface area contributed by atoms with Gasteiger partial charge in [0.15, 0.2) is 0 Å². The van der Waals surface area contributed by atoms with E-state index in [0.29, 0.717) is 5.39 Å². The Balaban J connectivity index is 2.46. The first-order valence-electron chi connectivity index (χ1n) is 6.61. The standard InChI is InChI=1S/C15H17BrN2O/c1-9-7-10-12(11(16)8-9)17-14-15(2,3)5-4-6-18(14)13(10)19/h7-8H,4-6H2,1-3H3. The van der Waals surface area contributed by atoms with Gasteiger partial charge in [-0.25, -0.2) is 4.98 Å². The summed E-state index contributed by atoms with van der Waals surface area (Å²) in [5, 5.41) is 0.716. The lowest BCUT2D eigenvalue weighted by Crippen LogP contribution is -2.37. The minimum atomic E-state index is -0.0318. The Kier molecular flexibility index (Phi) is 2.82. The summed E-state index contributed by atoms with van der Waals surface area (Å²) < 4.78 is 2.77. The van der Waals surface area contributed by atoms with Crippen molar-refractivity contribution in [2.75, 3.05) is 0 Å². The van der Waals surface area contributed by atoms with Crippen molar-refractivity contribution in [2.24, 2.45) is 0 Å². The third-order valence-corrected chi connectivity index (χ3v) is 4.55. The van der Waals surface area contributed by atoms with Gasteiger partial charge >= 0.3 is 0 Å². The van der Waals surface area contributed by atoms with Gasteiger partial charge in [-0.2, -0.15) is 0 Å². The van der Waals surface area contributed by atoms with E-state index < -0.39 is 0 Å². The third kappa shape index (κ3) is 1.93. The Bertz CT molecular complexity index is 731. The monoisotopic (exact) mass is 320 g/mol. The second-order valence-corrected chi connectivity index (χ2v) is 6.88. The van der Waals surface area contributed by atoms with E-state index in [9.17, 15) is 4.79 Å². The zero-order chi connectivity index (χ0) is 13.8. The number of fused-ring (bicyclic) bond motifs is 2. The molecule has 1 aromatic carbocycles. The van der Waals surface area contributed by atoms with Crippen molar-refractivity contribution in [3.8, 4) is 0 Å². The van der Waals surface area contributed by atoms with Crippen molar-refractivity contribution in [1.82, 2.24) is 9.55 Å². The summed E-state index contributed by atoms with van der Waals surface area (Å²) in [7, 11) is 0. The molecule has 19 heavy (non-hydrogen) atoms. The highest BCUT2D eigenvalue weighted by Crippen LogP contribution is 2.32. The van der Waals surface area contributed by atoms with Crippen molar-refractivity contribution >= 4 is 26.8 Å². The largest absolute Gasteiger partial charge is 0.296 e. The Morgan fingerprint density at radius 2 is 2.11 bits per heavy atom. The van der Waals surface area contributed by atoms with E-state index in [1.165, 1.54) is 0 Å². The zero-order valence-corrected chi connectivity index (χ0v) is 13.0. The second-order valence-electron chi connectivity index (χ2n) is 6.02. The van der Waals surface area contributed by atoms with Crippen LogP contribution in [0.3, 0.4) is 0 Å². The molecule has 3 nitrogen and oxygen atoms in total. The van der Waals surface area contributed by atoms with Crippen LogP contribution in [0.15, 0.2) is 21.4 Å². The van der Waals surface area contributed by atoms with Crippen molar-refractivity contribution in [3.05, 3.63) is 38.3 Å². The van der Waals surface area contributed by atoms with Crippen LogP contribution in [0.5, 0.6) is 0 Å². The van der Waals surface area contributed by atoms with Crippen molar-refractivity contribution in [3.63, 3.8) is 0 Å². The maximum absolute atomic E-state index is 12.7. The molecule has 0 saturated carbocycles. The third-order valence-electron chi connectivity index (χ3n) is 3.95. The number of hydrogen-bond donors (Lipinski definition) is 0. The Morgan fingerprint density at radius 3 is 2.84 bits per heavy atom. The summed E-state index contributed by atoms with van der Waals surface area (Å²) in [5.41, 5.74) is 1.93. The van der Waals surface area contributed by atoms with E-state index in [-0.39, 0.29) is 11.0 Å². The Morgan fingerprint density at radius 1 is 1.37 bits per heavy atom. The molecule has 0 saturated heterocycles. The molecule has 4 heteroatoms. The van der Waals surface area contributed by atoms with Crippen LogP contribution in [0.1, 0.15) is 38.1 Å².